The first-order valence-electron chi connectivity index (χ1n) is 16.5. The molecule has 0 spiro atoms. The normalized spacial score (nSPS) is 37.3. The van der Waals surface area contributed by atoms with Crippen molar-refractivity contribution in [2.75, 3.05) is 19.8 Å². The van der Waals surface area contributed by atoms with Gasteiger partial charge in [0.15, 0.2) is 18.3 Å². The molecular weight excluding hydrogens is 732 g/mol. The van der Waals surface area contributed by atoms with E-state index in [1.807, 2.05) is 0 Å². The minimum Gasteiger partial charge on any atom is -0.508 e. The molecule has 3 saturated heterocycles. The van der Waals surface area contributed by atoms with Crippen LogP contribution in [0.2, 0.25) is 0 Å². The average Bonchev–Trinajstić information content (AvgIpc) is 3.14. The lowest BCUT2D eigenvalue weighted by Gasteiger charge is -2.43. The Kier molecular flexibility index (Phi) is 11.9. The number of hydrogen-bond donors (Lipinski definition) is 13. The topological polar surface area (TPSA) is 349 Å². The van der Waals surface area contributed by atoms with Crippen molar-refractivity contribution in [3.05, 3.63) is 46.6 Å². The van der Waals surface area contributed by atoms with Gasteiger partial charge < -0.3 is 99.2 Å². The van der Waals surface area contributed by atoms with Crippen LogP contribution in [0.1, 0.15) is 0 Å². The zero-order valence-corrected chi connectivity index (χ0v) is 27.8. The third kappa shape index (κ3) is 7.70. The number of aliphatic hydroxyl groups is 10. The Bertz CT molecular complexity index is 1800. The molecule has 3 aromatic rings. The van der Waals surface area contributed by atoms with Crippen LogP contribution in [0.3, 0.4) is 0 Å². The van der Waals surface area contributed by atoms with Gasteiger partial charge in [-0.25, -0.2) is 0 Å². The van der Waals surface area contributed by atoms with Crippen LogP contribution in [0.25, 0.3) is 22.3 Å². The molecule has 15 atom stereocenters. The molecule has 0 aliphatic carbocycles. The molecule has 298 valence electrons. The van der Waals surface area contributed by atoms with Gasteiger partial charge in [0.1, 0.15) is 101 Å². The van der Waals surface area contributed by atoms with Crippen LogP contribution >= 0.6 is 0 Å². The SMILES string of the molecule is O=c1c(O[C@@H]2O[C@H](CO[C@@H]3O[C@H](CO[C@@H]4O[C@H](CO)[C@@H](O)[C@H](O)[C@H]4O)[C@@H](O)[C@H](O)[C@H]3O)[C@@H](O)[C@H](O)[C@H]2O)c(-c2ccc(O)cc2)oc2cc(O)cc(O)c12. The second-order valence-electron chi connectivity index (χ2n) is 13.0. The highest BCUT2D eigenvalue weighted by Crippen LogP contribution is 2.38. The molecule has 13 N–H and O–H groups in total. The van der Waals surface area contributed by atoms with E-state index in [0.29, 0.717) is 0 Å². The molecule has 21 nitrogen and oxygen atoms in total. The van der Waals surface area contributed by atoms with Gasteiger partial charge in [0, 0.05) is 17.7 Å². The lowest BCUT2D eigenvalue weighted by atomic mass is 9.98. The first kappa shape index (κ1) is 39.9. The Hall–Kier alpha value is -3.75. The van der Waals surface area contributed by atoms with Gasteiger partial charge in [0.05, 0.1) is 19.8 Å². The van der Waals surface area contributed by atoms with Crippen molar-refractivity contribution < 1.29 is 99.2 Å². The molecular formula is C33H40O21. The van der Waals surface area contributed by atoms with Gasteiger partial charge in [-0.3, -0.25) is 4.79 Å². The van der Waals surface area contributed by atoms with Gasteiger partial charge in [0.25, 0.3) is 0 Å². The monoisotopic (exact) mass is 772 g/mol. The summed E-state index contributed by atoms with van der Waals surface area (Å²) in [6.07, 6.45) is -26.6. The van der Waals surface area contributed by atoms with Gasteiger partial charge in [-0.05, 0) is 24.3 Å². The number of ether oxygens (including phenoxy) is 6. The summed E-state index contributed by atoms with van der Waals surface area (Å²) in [5.74, 6) is -2.26. The Balaban J connectivity index is 1.19. The van der Waals surface area contributed by atoms with Gasteiger partial charge in [-0.2, -0.15) is 0 Å². The highest BCUT2D eigenvalue weighted by molar-refractivity contribution is 5.88. The standard InChI is InChI=1S/C33H40O21/c34-7-15-19(38)23(42)26(45)31(51-15)48-8-16-20(39)24(43)27(46)32(52-16)49-9-17-21(40)25(44)28(47)33(53-17)54-30-22(41)18-13(37)5-12(36)6-14(18)50-29(30)10-1-3-11(35)4-2-10/h1-6,15-17,19-21,23-28,31-40,42-47H,7-9H2/t15-,16-,17-,19-,20-,21-,23+,24+,25+,26-,27-,28-,31-,32-,33+/m1/s1. The van der Waals surface area contributed by atoms with E-state index >= 15 is 0 Å². The third-order valence-corrected chi connectivity index (χ3v) is 9.32. The molecule has 21 heteroatoms. The summed E-state index contributed by atoms with van der Waals surface area (Å²) < 4.78 is 39.0. The molecule has 0 unspecified atom stereocenters. The number of fused-ring (bicyclic) bond motifs is 1. The minimum atomic E-state index is -2.02. The summed E-state index contributed by atoms with van der Waals surface area (Å²) >= 11 is 0. The highest BCUT2D eigenvalue weighted by Gasteiger charge is 2.50. The van der Waals surface area contributed by atoms with E-state index in [0.717, 1.165) is 12.1 Å². The van der Waals surface area contributed by atoms with Crippen molar-refractivity contribution in [1.82, 2.24) is 0 Å². The van der Waals surface area contributed by atoms with Gasteiger partial charge >= 0.3 is 0 Å². The summed E-state index contributed by atoms with van der Waals surface area (Å²) in [4.78, 5) is 13.7. The fourth-order valence-corrected chi connectivity index (χ4v) is 6.22. The van der Waals surface area contributed by atoms with Crippen molar-refractivity contribution in [2.45, 2.75) is 92.1 Å². The van der Waals surface area contributed by atoms with Crippen LogP contribution in [0.5, 0.6) is 23.0 Å². The van der Waals surface area contributed by atoms with Crippen LogP contribution in [0, 0.1) is 0 Å². The maximum atomic E-state index is 13.7. The smallest absolute Gasteiger partial charge is 0.239 e. The lowest BCUT2D eigenvalue weighted by Crippen LogP contribution is -2.63. The molecule has 3 aliphatic heterocycles. The Morgan fingerprint density at radius 2 is 1.06 bits per heavy atom. The molecule has 0 bridgehead atoms. The largest absolute Gasteiger partial charge is 0.508 e. The summed E-state index contributed by atoms with van der Waals surface area (Å²) in [5, 5.41) is 133. The van der Waals surface area contributed by atoms with E-state index in [-0.39, 0.29) is 22.7 Å². The quantitative estimate of drug-likeness (QED) is 0.0922. The van der Waals surface area contributed by atoms with E-state index in [9.17, 15) is 71.2 Å². The number of hydrogen-bond acceptors (Lipinski definition) is 21. The van der Waals surface area contributed by atoms with E-state index in [1.54, 1.807) is 0 Å². The first-order valence-corrected chi connectivity index (χ1v) is 16.5. The van der Waals surface area contributed by atoms with Gasteiger partial charge in [-0.15, -0.1) is 0 Å². The van der Waals surface area contributed by atoms with E-state index in [4.69, 9.17) is 32.8 Å². The van der Waals surface area contributed by atoms with Crippen LogP contribution in [0.15, 0.2) is 45.6 Å². The molecule has 6 rings (SSSR count). The lowest BCUT2D eigenvalue weighted by molar-refractivity contribution is -0.339. The predicted molar refractivity (Wildman–Crippen MR) is 173 cm³/mol. The van der Waals surface area contributed by atoms with Crippen molar-refractivity contribution in [3.8, 4) is 34.3 Å². The zero-order chi connectivity index (χ0) is 39.2. The number of aliphatic hydroxyl groups excluding tert-OH is 10. The molecule has 0 radical (unpaired) electrons. The molecule has 3 aliphatic rings. The summed E-state index contributed by atoms with van der Waals surface area (Å²) in [5.41, 5.74) is -1.14. The van der Waals surface area contributed by atoms with Gasteiger partial charge in [-0.1, -0.05) is 0 Å². The van der Waals surface area contributed by atoms with Crippen LogP contribution < -0.4 is 10.2 Å². The second-order valence-corrected chi connectivity index (χ2v) is 13.0. The molecule has 2 aromatic carbocycles. The van der Waals surface area contributed by atoms with Crippen LogP contribution in [-0.4, -0.2) is 178 Å². The van der Waals surface area contributed by atoms with Crippen molar-refractivity contribution in [2.24, 2.45) is 0 Å². The zero-order valence-electron chi connectivity index (χ0n) is 27.8. The fourth-order valence-electron chi connectivity index (χ4n) is 6.22. The fraction of sp³-hybridized carbons (Fsp3) is 0.545. The third-order valence-electron chi connectivity index (χ3n) is 9.32. The Morgan fingerprint density at radius 1 is 0.574 bits per heavy atom. The summed E-state index contributed by atoms with van der Waals surface area (Å²) in [7, 11) is 0. The molecule has 0 saturated carbocycles. The number of aromatic hydroxyl groups is 3. The maximum absolute atomic E-state index is 13.7. The minimum absolute atomic E-state index is 0.143. The molecule has 4 heterocycles. The Morgan fingerprint density at radius 3 is 1.59 bits per heavy atom. The maximum Gasteiger partial charge on any atom is 0.239 e. The average molecular weight is 773 g/mol. The van der Waals surface area contributed by atoms with E-state index in [1.165, 1.54) is 24.3 Å². The summed E-state index contributed by atoms with van der Waals surface area (Å²) in [6.45, 7) is -2.16. The highest BCUT2D eigenvalue weighted by atomic mass is 16.7. The molecule has 0 amide bonds. The number of phenols is 3. The summed E-state index contributed by atoms with van der Waals surface area (Å²) in [6, 6.07) is 7.11. The number of rotatable bonds is 10. The molecule has 54 heavy (non-hydrogen) atoms. The van der Waals surface area contributed by atoms with Crippen LogP contribution in [-0.2, 0) is 23.7 Å². The first-order chi connectivity index (χ1) is 25.6. The van der Waals surface area contributed by atoms with Crippen molar-refractivity contribution >= 4 is 11.0 Å². The van der Waals surface area contributed by atoms with E-state index < -0.39 is 140 Å². The van der Waals surface area contributed by atoms with Gasteiger partial charge in [0.2, 0.25) is 17.5 Å². The molecule has 3 fully saturated rings. The molecule has 1 aromatic heterocycles. The van der Waals surface area contributed by atoms with E-state index in [2.05, 4.69) is 0 Å². The van der Waals surface area contributed by atoms with Crippen molar-refractivity contribution in [1.29, 1.82) is 0 Å². The Labute approximate surface area is 303 Å². The van der Waals surface area contributed by atoms with Crippen LogP contribution in [0.4, 0.5) is 0 Å². The van der Waals surface area contributed by atoms with Crippen molar-refractivity contribution in [3.63, 3.8) is 0 Å². The second kappa shape index (κ2) is 16.2. The number of benzene rings is 2. The number of phenolic OH excluding ortho intramolecular Hbond substituents is 3. The predicted octanol–water partition coefficient (Wildman–Crippen LogP) is -4.60.